The minimum absolute atomic E-state index is 0.0236. The van der Waals surface area contributed by atoms with E-state index in [4.69, 9.17) is 5.73 Å². The fourth-order valence-corrected chi connectivity index (χ4v) is 3.19. The van der Waals surface area contributed by atoms with E-state index in [-0.39, 0.29) is 23.6 Å². The van der Waals surface area contributed by atoms with E-state index in [2.05, 4.69) is 15.6 Å². The Morgan fingerprint density at radius 3 is 2.55 bits per heavy atom. The second kappa shape index (κ2) is 10.5. The van der Waals surface area contributed by atoms with Crippen molar-refractivity contribution in [2.75, 3.05) is 11.9 Å². The molecule has 0 fully saturated rings. The maximum Gasteiger partial charge on any atom is 0.325 e. The van der Waals surface area contributed by atoms with Gasteiger partial charge in [-0.15, -0.1) is 0 Å². The molecule has 0 bridgehead atoms. The largest absolute Gasteiger partial charge is 0.710 e. The Kier molecular flexibility index (Phi) is 7.48. The molecule has 1 amide bonds. The standard InChI is InChI=1S/C23H22F2N6O2/c24-23(25,20-7-3-4-10-28-20)15-30-21-9-8-17(13-27)19(31(21)33)11-22(32)29-14-18-6-2-1-5-16(18)12-26/h1-10,30H,11-12,14-15,26H2,(H,29,32). The number of pyridine rings is 2. The molecular formula is C23H22F2N6O2. The monoisotopic (exact) mass is 452 g/mol. The fraction of sp³-hybridized carbons (Fsp3) is 0.217. The van der Waals surface area contributed by atoms with Crippen molar-refractivity contribution in [1.82, 2.24) is 10.3 Å². The van der Waals surface area contributed by atoms with Gasteiger partial charge in [0, 0.05) is 25.4 Å². The number of hydrogen-bond acceptors (Lipinski definition) is 6. The predicted octanol–water partition coefficient (Wildman–Crippen LogP) is 2.11. The highest BCUT2D eigenvalue weighted by atomic mass is 19.3. The van der Waals surface area contributed by atoms with E-state index < -0.39 is 30.5 Å². The number of anilines is 1. The zero-order valence-corrected chi connectivity index (χ0v) is 17.6. The van der Waals surface area contributed by atoms with Crippen LogP contribution in [0.5, 0.6) is 0 Å². The van der Waals surface area contributed by atoms with Gasteiger partial charge in [0.1, 0.15) is 17.5 Å². The van der Waals surface area contributed by atoms with Crippen LogP contribution in [0.2, 0.25) is 0 Å². The Bertz CT molecular complexity index is 1170. The third-order valence-corrected chi connectivity index (χ3v) is 4.98. The lowest BCUT2D eigenvalue weighted by molar-refractivity contribution is -0.598. The summed E-state index contributed by atoms with van der Waals surface area (Å²) >= 11 is 0. The number of nitrogens with two attached hydrogens (primary N) is 1. The molecule has 2 heterocycles. The molecule has 0 atom stereocenters. The van der Waals surface area contributed by atoms with Crippen LogP contribution >= 0.6 is 0 Å². The van der Waals surface area contributed by atoms with E-state index in [1.165, 1.54) is 36.5 Å². The Balaban J connectivity index is 1.72. The molecule has 0 aliphatic rings. The number of aromatic nitrogens is 2. The van der Waals surface area contributed by atoms with E-state index in [0.717, 1.165) is 11.1 Å². The molecule has 3 aromatic rings. The molecule has 0 spiro atoms. The first-order chi connectivity index (χ1) is 15.9. The van der Waals surface area contributed by atoms with Gasteiger partial charge in [-0.2, -0.15) is 14.0 Å². The summed E-state index contributed by atoms with van der Waals surface area (Å²) in [5.74, 6) is -4.05. The number of nitrogens with one attached hydrogen (secondary N) is 2. The first-order valence-corrected chi connectivity index (χ1v) is 10.1. The predicted molar refractivity (Wildman–Crippen MR) is 117 cm³/mol. The second-order valence-electron chi connectivity index (χ2n) is 7.18. The van der Waals surface area contributed by atoms with E-state index in [1.54, 1.807) is 0 Å². The van der Waals surface area contributed by atoms with Crippen molar-refractivity contribution >= 4 is 11.7 Å². The van der Waals surface area contributed by atoms with Crippen molar-refractivity contribution in [3.8, 4) is 6.07 Å². The third-order valence-electron chi connectivity index (χ3n) is 4.98. The van der Waals surface area contributed by atoms with E-state index in [0.29, 0.717) is 11.3 Å². The highest BCUT2D eigenvalue weighted by Gasteiger charge is 2.35. The van der Waals surface area contributed by atoms with Crippen LogP contribution in [-0.4, -0.2) is 17.4 Å². The van der Waals surface area contributed by atoms with Crippen LogP contribution in [0.15, 0.2) is 60.8 Å². The maximum atomic E-state index is 14.4. The molecule has 1 aromatic carbocycles. The number of nitrogens with zero attached hydrogens (tertiary/aromatic N) is 3. The Labute approximate surface area is 189 Å². The highest BCUT2D eigenvalue weighted by Crippen LogP contribution is 2.26. The highest BCUT2D eigenvalue weighted by molar-refractivity contribution is 5.78. The zero-order chi connectivity index (χ0) is 23.8. The number of carbonyl (C=O) groups is 1. The molecule has 0 radical (unpaired) electrons. The molecule has 4 N–H and O–H groups in total. The summed E-state index contributed by atoms with van der Waals surface area (Å²) in [4.78, 5) is 16.1. The van der Waals surface area contributed by atoms with Crippen LogP contribution in [0.4, 0.5) is 14.6 Å². The summed E-state index contributed by atoms with van der Waals surface area (Å²) in [5, 5.41) is 27.2. The van der Waals surface area contributed by atoms with Crippen LogP contribution in [0.3, 0.4) is 0 Å². The first-order valence-electron chi connectivity index (χ1n) is 10.1. The number of benzene rings is 1. The molecule has 10 heteroatoms. The Morgan fingerprint density at radius 1 is 1.15 bits per heavy atom. The lowest BCUT2D eigenvalue weighted by Gasteiger charge is -2.18. The molecule has 170 valence electrons. The van der Waals surface area contributed by atoms with E-state index in [9.17, 15) is 24.0 Å². The number of nitriles is 1. The summed E-state index contributed by atoms with van der Waals surface area (Å²) in [7, 11) is 0. The number of rotatable bonds is 9. The minimum Gasteiger partial charge on any atom is -0.710 e. The van der Waals surface area contributed by atoms with Gasteiger partial charge in [0.25, 0.3) is 5.82 Å². The van der Waals surface area contributed by atoms with Crippen molar-refractivity contribution in [3.63, 3.8) is 0 Å². The van der Waals surface area contributed by atoms with Crippen molar-refractivity contribution < 1.29 is 18.3 Å². The van der Waals surface area contributed by atoms with Gasteiger partial charge in [-0.05, 0) is 29.3 Å². The van der Waals surface area contributed by atoms with Crippen molar-refractivity contribution in [2.24, 2.45) is 5.73 Å². The number of amides is 1. The van der Waals surface area contributed by atoms with Gasteiger partial charge < -0.3 is 16.3 Å². The molecule has 0 saturated carbocycles. The molecule has 0 saturated heterocycles. The van der Waals surface area contributed by atoms with Crippen LogP contribution < -0.4 is 21.1 Å². The summed E-state index contributed by atoms with van der Waals surface area (Å²) in [6.45, 7) is -0.386. The van der Waals surface area contributed by atoms with Crippen molar-refractivity contribution in [2.45, 2.75) is 25.4 Å². The first kappa shape index (κ1) is 23.6. The van der Waals surface area contributed by atoms with Crippen LogP contribution in [0.1, 0.15) is 28.1 Å². The summed E-state index contributed by atoms with van der Waals surface area (Å²) < 4.78 is 29.1. The molecular weight excluding hydrogens is 430 g/mol. The fourth-order valence-electron chi connectivity index (χ4n) is 3.19. The topological polar surface area (TPSA) is 131 Å². The normalized spacial score (nSPS) is 11.0. The summed E-state index contributed by atoms with van der Waals surface area (Å²) in [6, 6.07) is 15.8. The average Bonchev–Trinajstić information content (AvgIpc) is 2.84. The Hall–Kier alpha value is -4.10. The van der Waals surface area contributed by atoms with E-state index >= 15 is 0 Å². The maximum absolute atomic E-state index is 14.4. The van der Waals surface area contributed by atoms with E-state index in [1.807, 2.05) is 30.3 Å². The number of carbonyl (C=O) groups excluding carboxylic acids is 1. The molecule has 8 nitrogen and oxygen atoms in total. The number of hydrogen-bond donors (Lipinski definition) is 3. The average molecular weight is 452 g/mol. The van der Waals surface area contributed by atoms with Gasteiger partial charge in [-0.1, -0.05) is 30.3 Å². The minimum atomic E-state index is -3.34. The van der Waals surface area contributed by atoms with Gasteiger partial charge in [0.2, 0.25) is 5.91 Å². The van der Waals surface area contributed by atoms with Crippen LogP contribution in [0, 0.1) is 16.5 Å². The smallest absolute Gasteiger partial charge is 0.325 e. The number of halogens is 2. The van der Waals surface area contributed by atoms with Crippen LogP contribution in [-0.2, 0) is 30.2 Å². The van der Waals surface area contributed by atoms with Crippen LogP contribution in [0.25, 0.3) is 0 Å². The lowest BCUT2D eigenvalue weighted by Crippen LogP contribution is -2.41. The van der Waals surface area contributed by atoms with Crippen molar-refractivity contribution in [3.05, 3.63) is 94.1 Å². The third kappa shape index (κ3) is 5.78. The lowest BCUT2D eigenvalue weighted by atomic mass is 10.1. The van der Waals surface area contributed by atoms with Gasteiger partial charge >= 0.3 is 5.92 Å². The molecule has 0 unspecified atom stereocenters. The summed E-state index contributed by atoms with van der Waals surface area (Å²) in [5.41, 5.74) is 6.78. The zero-order valence-electron chi connectivity index (χ0n) is 17.6. The van der Waals surface area contributed by atoms with Gasteiger partial charge in [0.15, 0.2) is 6.54 Å². The Morgan fingerprint density at radius 2 is 1.88 bits per heavy atom. The molecule has 3 rings (SSSR count). The quantitative estimate of drug-likeness (QED) is 0.337. The summed E-state index contributed by atoms with van der Waals surface area (Å²) in [6.07, 6.45) is 0.852. The van der Waals surface area contributed by atoms with Gasteiger partial charge in [-0.25, -0.2) is 4.73 Å². The van der Waals surface area contributed by atoms with Crippen molar-refractivity contribution in [1.29, 1.82) is 5.26 Å². The second-order valence-corrected chi connectivity index (χ2v) is 7.18. The molecule has 2 aromatic heterocycles. The van der Waals surface area contributed by atoms with Gasteiger partial charge in [-0.3, -0.25) is 15.1 Å². The number of alkyl halides is 2. The molecule has 0 aliphatic carbocycles. The molecule has 33 heavy (non-hydrogen) atoms. The molecule has 0 aliphatic heterocycles. The SMILES string of the molecule is N#Cc1ccc(NCC(F)(F)c2ccccn2)[n+]([O-])c1CC(=O)NCc1ccccc1CN. The van der Waals surface area contributed by atoms with Gasteiger partial charge in [0.05, 0.1) is 12.0 Å².